The van der Waals surface area contributed by atoms with Crippen molar-refractivity contribution in [2.24, 2.45) is 0 Å². The monoisotopic (exact) mass is 229 g/mol. The molecule has 62 valence electrons. The van der Waals surface area contributed by atoms with Crippen molar-refractivity contribution in [1.29, 1.82) is 0 Å². The molecule has 0 aliphatic heterocycles. The van der Waals surface area contributed by atoms with Crippen molar-refractivity contribution in [1.82, 2.24) is 4.31 Å². The number of hydrogen-bond donors (Lipinski definition) is 0. The Balaban J connectivity index is 4.06. The summed E-state index contributed by atoms with van der Waals surface area (Å²) in [5.74, 6) is 0. The molecule has 0 heterocycles. The fraction of sp³-hybridized carbons (Fsp3) is 1.00. The Morgan fingerprint density at radius 2 is 2.00 bits per heavy atom. The van der Waals surface area contributed by atoms with Crippen LogP contribution in [-0.2, 0) is 10.0 Å². The molecule has 3 nitrogen and oxygen atoms in total. The molecule has 0 aliphatic rings. The molecule has 0 aromatic rings. The topological polar surface area (TPSA) is 37.4 Å². The predicted octanol–water partition coefficient (Wildman–Crippen LogP) is 1.01. The van der Waals surface area contributed by atoms with Crippen molar-refractivity contribution >= 4 is 26.0 Å². The second-order valence-corrected chi connectivity index (χ2v) is 5.42. The fourth-order valence-corrected chi connectivity index (χ4v) is 2.21. The molecule has 0 rings (SSSR count). The summed E-state index contributed by atoms with van der Waals surface area (Å²) in [4.78, 5) is 0. The molecule has 0 saturated heterocycles. The summed E-state index contributed by atoms with van der Waals surface area (Å²) in [5.41, 5.74) is 0. The Morgan fingerprint density at radius 1 is 1.50 bits per heavy atom. The highest BCUT2D eigenvalue weighted by atomic mass is 79.9. The summed E-state index contributed by atoms with van der Waals surface area (Å²) >= 11 is 2.91. The lowest BCUT2D eigenvalue weighted by Gasteiger charge is -2.13. The van der Waals surface area contributed by atoms with Crippen molar-refractivity contribution < 1.29 is 8.42 Å². The van der Waals surface area contributed by atoms with Crippen LogP contribution in [0.4, 0.5) is 0 Å². The fourth-order valence-electron chi connectivity index (χ4n) is 0.537. The van der Waals surface area contributed by atoms with Gasteiger partial charge in [-0.1, -0.05) is 22.9 Å². The molecule has 0 spiro atoms. The minimum atomic E-state index is -3.01. The Kier molecular flexibility index (Phi) is 4.47. The second-order valence-electron chi connectivity index (χ2n) is 2.04. The van der Waals surface area contributed by atoms with Crippen LogP contribution in [0.2, 0.25) is 0 Å². The molecule has 0 fully saturated rings. The number of halogens is 1. The van der Waals surface area contributed by atoms with Gasteiger partial charge in [0.05, 0.1) is 0 Å². The minimum absolute atomic E-state index is 0.0104. The van der Waals surface area contributed by atoms with E-state index in [4.69, 9.17) is 0 Å². The summed E-state index contributed by atoms with van der Waals surface area (Å²) in [7, 11) is -1.43. The van der Waals surface area contributed by atoms with Gasteiger partial charge in [-0.3, -0.25) is 0 Å². The van der Waals surface area contributed by atoms with Gasteiger partial charge in [0, 0.05) is 13.6 Å². The van der Waals surface area contributed by atoms with Crippen molar-refractivity contribution in [3.63, 3.8) is 0 Å². The normalized spacial score (nSPS) is 12.4. The molecule has 0 amide bonds. The van der Waals surface area contributed by atoms with Crippen LogP contribution in [0, 0.1) is 0 Å². The van der Waals surface area contributed by atoms with Crippen molar-refractivity contribution in [2.45, 2.75) is 13.3 Å². The van der Waals surface area contributed by atoms with E-state index in [0.29, 0.717) is 6.54 Å². The molecule has 0 bridgehead atoms. The van der Waals surface area contributed by atoms with E-state index in [2.05, 4.69) is 15.9 Å². The van der Waals surface area contributed by atoms with Gasteiger partial charge in [0.15, 0.2) is 0 Å². The van der Waals surface area contributed by atoms with Crippen LogP contribution in [0.25, 0.3) is 0 Å². The molecule has 0 aliphatic carbocycles. The van der Waals surface area contributed by atoms with Gasteiger partial charge in [0.25, 0.3) is 0 Å². The molecular formula is C5H12BrNO2S. The highest BCUT2D eigenvalue weighted by molar-refractivity contribution is 9.10. The SMILES string of the molecule is CCCN(C)S(=O)(=O)CBr. The molecule has 0 saturated carbocycles. The lowest BCUT2D eigenvalue weighted by Crippen LogP contribution is -2.28. The number of alkyl halides is 1. The average Bonchev–Trinajstić information content (AvgIpc) is 1.89. The van der Waals surface area contributed by atoms with E-state index in [1.54, 1.807) is 7.05 Å². The Bertz CT molecular complexity index is 178. The van der Waals surface area contributed by atoms with E-state index in [1.807, 2.05) is 6.92 Å². The van der Waals surface area contributed by atoms with Gasteiger partial charge in [0.2, 0.25) is 10.0 Å². The van der Waals surface area contributed by atoms with Gasteiger partial charge in [-0.2, -0.15) is 0 Å². The van der Waals surface area contributed by atoms with Crippen molar-refractivity contribution in [3.05, 3.63) is 0 Å². The van der Waals surface area contributed by atoms with E-state index < -0.39 is 10.0 Å². The first-order valence-corrected chi connectivity index (χ1v) is 5.77. The maximum absolute atomic E-state index is 11.0. The number of rotatable bonds is 4. The number of nitrogens with zero attached hydrogens (tertiary/aromatic N) is 1. The Morgan fingerprint density at radius 3 is 2.30 bits per heavy atom. The molecule has 5 heteroatoms. The molecule has 0 atom stereocenters. The Hall–Kier alpha value is 0.390. The number of hydrogen-bond acceptors (Lipinski definition) is 2. The second kappa shape index (κ2) is 4.31. The zero-order chi connectivity index (χ0) is 8.20. The van der Waals surface area contributed by atoms with E-state index in [0.717, 1.165) is 6.42 Å². The van der Waals surface area contributed by atoms with Crippen LogP contribution in [0.3, 0.4) is 0 Å². The third kappa shape index (κ3) is 2.98. The summed E-state index contributed by atoms with van der Waals surface area (Å²) < 4.78 is 23.3. The first-order chi connectivity index (χ1) is 4.54. The predicted molar refractivity (Wildman–Crippen MR) is 45.6 cm³/mol. The first-order valence-electron chi connectivity index (χ1n) is 3.04. The van der Waals surface area contributed by atoms with Gasteiger partial charge in [0.1, 0.15) is 4.66 Å². The van der Waals surface area contributed by atoms with E-state index in [-0.39, 0.29) is 4.66 Å². The van der Waals surface area contributed by atoms with Gasteiger partial charge >= 0.3 is 0 Å². The third-order valence-corrected chi connectivity index (χ3v) is 4.30. The largest absolute Gasteiger partial charge is 0.223 e. The van der Waals surface area contributed by atoms with Crippen LogP contribution < -0.4 is 0 Å². The Labute approximate surface area is 70.6 Å². The summed E-state index contributed by atoms with van der Waals surface area (Å²) in [6, 6.07) is 0. The summed E-state index contributed by atoms with van der Waals surface area (Å²) in [6.07, 6.45) is 0.850. The van der Waals surface area contributed by atoms with E-state index in [1.165, 1.54) is 4.31 Å². The van der Waals surface area contributed by atoms with Crippen LogP contribution >= 0.6 is 15.9 Å². The lowest BCUT2D eigenvalue weighted by molar-refractivity contribution is 0.473. The molecule has 0 aromatic carbocycles. The van der Waals surface area contributed by atoms with Crippen molar-refractivity contribution in [3.8, 4) is 0 Å². The number of sulfonamides is 1. The van der Waals surface area contributed by atoms with Crippen LogP contribution in [0.5, 0.6) is 0 Å². The van der Waals surface area contributed by atoms with Gasteiger partial charge in [-0.05, 0) is 6.42 Å². The third-order valence-electron chi connectivity index (χ3n) is 1.15. The lowest BCUT2D eigenvalue weighted by atomic mass is 10.5. The van der Waals surface area contributed by atoms with Crippen LogP contribution in [0.1, 0.15) is 13.3 Å². The van der Waals surface area contributed by atoms with Gasteiger partial charge in [-0.15, -0.1) is 0 Å². The van der Waals surface area contributed by atoms with Crippen molar-refractivity contribution in [2.75, 3.05) is 18.3 Å². The summed E-state index contributed by atoms with van der Waals surface area (Å²) in [6.45, 7) is 2.54. The maximum atomic E-state index is 11.0. The minimum Gasteiger partial charge on any atom is -0.211 e. The molecule has 0 N–H and O–H groups in total. The highest BCUT2D eigenvalue weighted by Crippen LogP contribution is 2.01. The summed E-state index contributed by atoms with van der Waals surface area (Å²) in [5, 5.41) is 0. The van der Waals surface area contributed by atoms with E-state index >= 15 is 0 Å². The average molecular weight is 230 g/mol. The molecule has 0 unspecified atom stereocenters. The first kappa shape index (κ1) is 10.4. The standard InChI is InChI=1S/C5H12BrNO2S/c1-3-4-7(2)10(8,9)5-6/h3-5H2,1-2H3. The molecule has 10 heavy (non-hydrogen) atoms. The van der Waals surface area contributed by atoms with Gasteiger partial charge in [-0.25, -0.2) is 12.7 Å². The van der Waals surface area contributed by atoms with E-state index in [9.17, 15) is 8.42 Å². The molecule has 0 aromatic heterocycles. The van der Waals surface area contributed by atoms with Crippen LogP contribution in [0.15, 0.2) is 0 Å². The molecule has 0 radical (unpaired) electrons. The van der Waals surface area contributed by atoms with Gasteiger partial charge < -0.3 is 0 Å². The zero-order valence-electron chi connectivity index (χ0n) is 6.17. The zero-order valence-corrected chi connectivity index (χ0v) is 8.57. The highest BCUT2D eigenvalue weighted by Gasteiger charge is 2.13. The van der Waals surface area contributed by atoms with Crippen LogP contribution in [-0.4, -0.2) is 31.0 Å². The quantitative estimate of drug-likeness (QED) is 0.676. The maximum Gasteiger partial charge on any atom is 0.223 e. The smallest absolute Gasteiger partial charge is 0.211 e. The molecular weight excluding hydrogens is 218 g/mol.